The Labute approximate surface area is 140 Å². The Morgan fingerprint density at radius 1 is 1.45 bits per heavy atom. The largest absolute Gasteiger partial charge is 0.504 e. The minimum Gasteiger partial charge on any atom is -0.504 e. The number of hydrogen-bond donors (Lipinski definition) is 1. The molecule has 0 aliphatic carbocycles. The van der Waals surface area contributed by atoms with E-state index in [2.05, 4.69) is 22.5 Å². The lowest BCUT2D eigenvalue weighted by atomic mass is 10.1. The van der Waals surface area contributed by atoms with Crippen LogP contribution in [-0.4, -0.2) is 34.3 Å². The first kappa shape index (κ1) is 16.6. The van der Waals surface area contributed by atoms with E-state index in [1.54, 1.807) is 19.1 Å². The van der Waals surface area contributed by atoms with Gasteiger partial charge in [-0.05, 0) is 36.9 Å². The summed E-state index contributed by atoms with van der Waals surface area (Å²) < 4.78 is 6.04. The topological polar surface area (TPSA) is 66.8 Å². The lowest BCUT2D eigenvalue weighted by Gasteiger charge is -2.10. The SMILES string of the molecule is C=CCN1C(=O)SC(=Cc2cc(Br)cc(OCC)c2O)C1=O. The van der Waals surface area contributed by atoms with E-state index in [0.29, 0.717) is 22.4 Å². The van der Waals surface area contributed by atoms with Gasteiger partial charge in [-0.15, -0.1) is 6.58 Å². The van der Waals surface area contributed by atoms with Crippen LogP contribution in [0.3, 0.4) is 0 Å². The van der Waals surface area contributed by atoms with Crippen molar-refractivity contribution >= 4 is 44.9 Å². The van der Waals surface area contributed by atoms with Crippen LogP contribution in [0.25, 0.3) is 6.08 Å². The molecule has 0 saturated carbocycles. The second-order valence-electron chi connectivity index (χ2n) is 4.36. The maximum Gasteiger partial charge on any atom is 0.293 e. The molecule has 1 aromatic carbocycles. The van der Waals surface area contributed by atoms with Crippen molar-refractivity contribution in [3.8, 4) is 11.5 Å². The molecule has 7 heteroatoms. The fourth-order valence-corrected chi connectivity index (χ4v) is 3.19. The highest BCUT2D eigenvalue weighted by Crippen LogP contribution is 2.38. The first-order valence-corrected chi connectivity index (χ1v) is 8.10. The van der Waals surface area contributed by atoms with Crippen LogP contribution in [0.1, 0.15) is 12.5 Å². The zero-order valence-corrected chi connectivity index (χ0v) is 14.2. The molecule has 1 heterocycles. The van der Waals surface area contributed by atoms with Crippen LogP contribution >= 0.6 is 27.7 Å². The summed E-state index contributed by atoms with van der Waals surface area (Å²) in [6.45, 7) is 5.89. The molecule has 1 saturated heterocycles. The number of ether oxygens (including phenoxy) is 1. The molecule has 1 N–H and O–H groups in total. The normalized spacial score (nSPS) is 16.5. The Morgan fingerprint density at radius 3 is 2.82 bits per heavy atom. The van der Waals surface area contributed by atoms with Crippen LogP contribution in [0.15, 0.2) is 34.2 Å². The zero-order chi connectivity index (χ0) is 16.3. The number of thioether (sulfide) groups is 1. The van der Waals surface area contributed by atoms with E-state index < -0.39 is 5.91 Å². The number of nitrogens with zero attached hydrogens (tertiary/aromatic N) is 1. The summed E-state index contributed by atoms with van der Waals surface area (Å²) in [6.07, 6.45) is 2.97. The molecule has 0 aromatic heterocycles. The van der Waals surface area contributed by atoms with Crippen molar-refractivity contribution in [2.45, 2.75) is 6.92 Å². The summed E-state index contributed by atoms with van der Waals surface area (Å²) in [5.41, 5.74) is 0.405. The zero-order valence-electron chi connectivity index (χ0n) is 11.8. The molecule has 1 aliphatic rings. The third-order valence-electron chi connectivity index (χ3n) is 2.84. The van der Waals surface area contributed by atoms with Crippen molar-refractivity contribution in [1.82, 2.24) is 4.90 Å². The van der Waals surface area contributed by atoms with E-state index in [9.17, 15) is 14.7 Å². The fraction of sp³-hybridized carbons (Fsp3) is 0.200. The number of hydrogen-bond acceptors (Lipinski definition) is 5. The third-order valence-corrected chi connectivity index (χ3v) is 4.21. The Kier molecular flexibility index (Phi) is 5.31. The number of carbonyl (C=O) groups is 2. The second-order valence-corrected chi connectivity index (χ2v) is 6.26. The monoisotopic (exact) mass is 383 g/mol. The lowest BCUT2D eigenvalue weighted by molar-refractivity contribution is -0.122. The highest BCUT2D eigenvalue weighted by atomic mass is 79.9. The molecule has 2 amide bonds. The van der Waals surface area contributed by atoms with Gasteiger partial charge in [-0.3, -0.25) is 14.5 Å². The van der Waals surface area contributed by atoms with Crippen molar-refractivity contribution in [2.24, 2.45) is 0 Å². The maximum atomic E-state index is 12.2. The third kappa shape index (κ3) is 3.36. The molecule has 116 valence electrons. The standard InChI is InChI=1S/C15H14BrNO4S/c1-3-5-17-14(19)12(22-15(17)20)7-9-6-10(16)8-11(13(9)18)21-4-2/h3,6-8,18H,1,4-5H2,2H3. The highest BCUT2D eigenvalue weighted by Gasteiger charge is 2.34. The van der Waals surface area contributed by atoms with Crippen molar-refractivity contribution in [1.29, 1.82) is 0 Å². The quantitative estimate of drug-likeness (QED) is 0.618. The van der Waals surface area contributed by atoms with Gasteiger partial charge in [0.25, 0.3) is 11.1 Å². The van der Waals surface area contributed by atoms with Gasteiger partial charge in [0.15, 0.2) is 11.5 Å². The van der Waals surface area contributed by atoms with Gasteiger partial charge in [0.1, 0.15) is 0 Å². The molecule has 0 spiro atoms. The van der Waals surface area contributed by atoms with E-state index in [1.807, 2.05) is 0 Å². The molecule has 0 radical (unpaired) electrons. The number of rotatable bonds is 5. The second kappa shape index (κ2) is 7.02. The highest BCUT2D eigenvalue weighted by molar-refractivity contribution is 9.10. The first-order valence-electron chi connectivity index (χ1n) is 6.49. The van der Waals surface area contributed by atoms with Crippen LogP contribution in [0.2, 0.25) is 0 Å². The van der Waals surface area contributed by atoms with Gasteiger partial charge in [0, 0.05) is 16.6 Å². The van der Waals surface area contributed by atoms with Gasteiger partial charge in [-0.1, -0.05) is 22.0 Å². The van der Waals surface area contributed by atoms with Crippen molar-refractivity contribution in [3.63, 3.8) is 0 Å². The van der Waals surface area contributed by atoms with Gasteiger partial charge in [0.2, 0.25) is 0 Å². The van der Waals surface area contributed by atoms with Crippen molar-refractivity contribution < 1.29 is 19.4 Å². The number of halogens is 1. The molecule has 1 aromatic rings. The number of benzene rings is 1. The van der Waals surface area contributed by atoms with E-state index in [4.69, 9.17) is 4.74 Å². The summed E-state index contributed by atoms with van der Waals surface area (Å²) in [5, 5.41) is 9.85. The first-order chi connectivity index (χ1) is 10.5. The van der Waals surface area contributed by atoms with Crippen LogP contribution < -0.4 is 4.74 Å². The fourth-order valence-electron chi connectivity index (χ4n) is 1.90. The van der Waals surface area contributed by atoms with Crippen LogP contribution in [0.5, 0.6) is 11.5 Å². The van der Waals surface area contributed by atoms with Gasteiger partial charge < -0.3 is 9.84 Å². The summed E-state index contributed by atoms with van der Waals surface area (Å²) in [7, 11) is 0. The average Bonchev–Trinajstić information content (AvgIpc) is 2.72. The number of phenols is 1. The summed E-state index contributed by atoms with van der Waals surface area (Å²) in [4.78, 5) is 25.3. The summed E-state index contributed by atoms with van der Waals surface area (Å²) in [6, 6.07) is 3.29. The van der Waals surface area contributed by atoms with E-state index in [1.165, 1.54) is 12.2 Å². The Balaban J connectivity index is 2.39. The molecular weight excluding hydrogens is 370 g/mol. The predicted octanol–water partition coefficient (Wildman–Crippen LogP) is 3.78. The van der Waals surface area contributed by atoms with Crippen molar-refractivity contribution in [3.05, 3.63) is 39.7 Å². The van der Waals surface area contributed by atoms with Crippen LogP contribution in [-0.2, 0) is 4.79 Å². The summed E-state index contributed by atoms with van der Waals surface area (Å²) >= 11 is 4.16. The minimum absolute atomic E-state index is 0.0689. The lowest BCUT2D eigenvalue weighted by Crippen LogP contribution is -2.27. The molecule has 1 aliphatic heterocycles. The van der Waals surface area contributed by atoms with Gasteiger partial charge in [-0.25, -0.2) is 0 Å². The average molecular weight is 384 g/mol. The number of amides is 2. The molecule has 1 fully saturated rings. The van der Waals surface area contributed by atoms with Crippen LogP contribution in [0, 0.1) is 0 Å². The molecule has 22 heavy (non-hydrogen) atoms. The Bertz CT molecular complexity index is 672. The summed E-state index contributed by atoms with van der Waals surface area (Å²) in [5.74, 6) is -0.152. The Morgan fingerprint density at radius 2 is 2.18 bits per heavy atom. The van der Waals surface area contributed by atoms with Gasteiger partial charge >= 0.3 is 0 Å². The number of aromatic hydroxyl groups is 1. The molecule has 0 bridgehead atoms. The molecule has 0 atom stereocenters. The number of carbonyl (C=O) groups excluding carboxylic acids is 2. The van der Waals surface area contributed by atoms with Gasteiger partial charge in [0.05, 0.1) is 11.5 Å². The van der Waals surface area contributed by atoms with Gasteiger partial charge in [-0.2, -0.15) is 0 Å². The predicted molar refractivity (Wildman–Crippen MR) is 89.8 cm³/mol. The maximum absolute atomic E-state index is 12.2. The van der Waals surface area contributed by atoms with Crippen LogP contribution in [0.4, 0.5) is 4.79 Å². The van der Waals surface area contributed by atoms with E-state index >= 15 is 0 Å². The van der Waals surface area contributed by atoms with E-state index in [0.717, 1.165) is 16.7 Å². The molecule has 0 unspecified atom stereocenters. The smallest absolute Gasteiger partial charge is 0.293 e. The molecular formula is C15H14BrNO4S. The molecule has 5 nitrogen and oxygen atoms in total. The number of phenolic OH excluding ortho intramolecular Hbond substituents is 1. The Hall–Kier alpha value is -1.73. The minimum atomic E-state index is -0.396. The molecule has 2 rings (SSSR count). The van der Waals surface area contributed by atoms with E-state index in [-0.39, 0.29) is 22.4 Å². The van der Waals surface area contributed by atoms with Crippen molar-refractivity contribution in [2.75, 3.05) is 13.2 Å². The number of imide groups is 1.